The first-order chi connectivity index (χ1) is 7.69. The molecule has 2 fully saturated rings. The number of ether oxygens (including phenoxy) is 2. The summed E-state index contributed by atoms with van der Waals surface area (Å²) < 4.78 is 11.4. The van der Waals surface area contributed by atoms with Crippen LogP contribution in [0.2, 0.25) is 0 Å². The quantitative estimate of drug-likeness (QED) is 0.704. The standard InChI is InChI=1S/C13H23NO3/c1-11(2,3)17-10(15)13-8-14-6-9(13)7-16-12(13,4)5/h9,14H,6-8H2,1-5H3/t9-,13-/m0/s1. The summed E-state index contributed by atoms with van der Waals surface area (Å²) >= 11 is 0. The molecule has 2 saturated heterocycles. The second-order valence-corrected chi connectivity index (χ2v) is 6.62. The van der Waals surface area contributed by atoms with E-state index in [4.69, 9.17) is 9.47 Å². The molecule has 1 N–H and O–H groups in total. The maximum atomic E-state index is 12.5. The Labute approximate surface area is 103 Å². The second-order valence-electron chi connectivity index (χ2n) is 6.62. The summed E-state index contributed by atoms with van der Waals surface area (Å²) in [6.07, 6.45) is 0. The van der Waals surface area contributed by atoms with Crippen molar-refractivity contribution in [3.8, 4) is 0 Å². The summed E-state index contributed by atoms with van der Waals surface area (Å²) in [6.45, 7) is 11.8. The zero-order valence-corrected chi connectivity index (χ0v) is 11.4. The van der Waals surface area contributed by atoms with Crippen LogP contribution in [0.4, 0.5) is 0 Å². The van der Waals surface area contributed by atoms with Gasteiger partial charge in [0.2, 0.25) is 0 Å². The molecule has 98 valence electrons. The van der Waals surface area contributed by atoms with Gasteiger partial charge in [-0.2, -0.15) is 0 Å². The number of hydrogen-bond donors (Lipinski definition) is 1. The van der Waals surface area contributed by atoms with Crippen molar-refractivity contribution in [2.24, 2.45) is 11.3 Å². The summed E-state index contributed by atoms with van der Waals surface area (Å²) in [5, 5.41) is 3.31. The van der Waals surface area contributed by atoms with Gasteiger partial charge < -0.3 is 14.8 Å². The van der Waals surface area contributed by atoms with Gasteiger partial charge in [0.25, 0.3) is 0 Å². The van der Waals surface area contributed by atoms with E-state index in [2.05, 4.69) is 5.32 Å². The fraction of sp³-hybridized carbons (Fsp3) is 0.923. The van der Waals surface area contributed by atoms with Crippen molar-refractivity contribution in [3.63, 3.8) is 0 Å². The van der Waals surface area contributed by atoms with Crippen LogP contribution in [0.25, 0.3) is 0 Å². The maximum absolute atomic E-state index is 12.5. The average Bonchev–Trinajstić information content (AvgIpc) is 2.64. The Morgan fingerprint density at radius 1 is 1.41 bits per heavy atom. The molecule has 2 rings (SSSR count). The van der Waals surface area contributed by atoms with Crippen LogP contribution in [0.1, 0.15) is 34.6 Å². The molecule has 0 spiro atoms. The first-order valence-corrected chi connectivity index (χ1v) is 6.27. The molecule has 0 saturated carbocycles. The highest BCUT2D eigenvalue weighted by Crippen LogP contribution is 2.50. The summed E-state index contributed by atoms with van der Waals surface area (Å²) in [5.74, 6) is 0.106. The lowest BCUT2D eigenvalue weighted by atomic mass is 9.69. The zero-order chi connectivity index (χ0) is 12.9. The number of fused-ring (bicyclic) bond motifs is 1. The van der Waals surface area contributed by atoms with Crippen LogP contribution in [-0.2, 0) is 14.3 Å². The molecule has 0 radical (unpaired) electrons. The normalized spacial score (nSPS) is 35.7. The van der Waals surface area contributed by atoms with Gasteiger partial charge in [-0.25, -0.2) is 0 Å². The van der Waals surface area contributed by atoms with E-state index in [1.807, 2.05) is 34.6 Å². The minimum Gasteiger partial charge on any atom is -0.459 e. The number of carbonyl (C=O) groups excluding carboxylic acids is 1. The van der Waals surface area contributed by atoms with Gasteiger partial charge in [0.1, 0.15) is 11.0 Å². The van der Waals surface area contributed by atoms with Gasteiger partial charge in [-0.3, -0.25) is 4.79 Å². The van der Waals surface area contributed by atoms with Crippen LogP contribution in [0.3, 0.4) is 0 Å². The van der Waals surface area contributed by atoms with Gasteiger partial charge in [-0.1, -0.05) is 0 Å². The molecule has 0 aromatic heterocycles. The van der Waals surface area contributed by atoms with Crippen LogP contribution in [-0.4, -0.2) is 36.9 Å². The third-order valence-corrected chi connectivity index (χ3v) is 3.97. The van der Waals surface area contributed by atoms with E-state index in [0.29, 0.717) is 13.2 Å². The second kappa shape index (κ2) is 3.69. The highest BCUT2D eigenvalue weighted by Gasteiger charge is 2.65. The van der Waals surface area contributed by atoms with E-state index >= 15 is 0 Å². The fourth-order valence-corrected chi connectivity index (χ4v) is 2.96. The van der Waals surface area contributed by atoms with Crippen molar-refractivity contribution >= 4 is 5.97 Å². The van der Waals surface area contributed by atoms with Crippen molar-refractivity contribution in [3.05, 3.63) is 0 Å². The molecule has 0 amide bonds. The lowest BCUT2D eigenvalue weighted by Crippen LogP contribution is -2.53. The molecule has 2 aliphatic heterocycles. The van der Waals surface area contributed by atoms with Crippen LogP contribution in [0, 0.1) is 11.3 Å². The number of carbonyl (C=O) groups is 1. The largest absolute Gasteiger partial charge is 0.459 e. The number of nitrogens with one attached hydrogen (secondary N) is 1. The first-order valence-electron chi connectivity index (χ1n) is 6.27. The summed E-state index contributed by atoms with van der Waals surface area (Å²) in [5.41, 5.74) is -1.43. The van der Waals surface area contributed by atoms with E-state index in [-0.39, 0.29) is 11.9 Å². The maximum Gasteiger partial charge on any atom is 0.317 e. The Morgan fingerprint density at radius 2 is 2.06 bits per heavy atom. The Balaban J connectivity index is 2.29. The molecule has 0 bridgehead atoms. The predicted octanol–water partition coefficient (Wildman–Crippen LogP) is 1.34. The third-order valence-electron chi connectivity index (χ3n) is 3.97. The van der Waals surface area contributed by atoms with Gasteiger partial charge in [0.15, 0.2) is 0 Å². The fourth-order valence-electron chi connectivity index (χ4n) is 2.96. The van der Waals surface area contributed by atoms with E-state index in [0.717, 1.165) is 6.54 Å². The van der Waals surface area contributed by atoms with E-state index < -0.39 is 16.6 Å². The molecule has 0 aromatic carbocycles. The van der Waals surface area contributed by atoms with Gasteiger partial charge in [0.05, 0.1) is 12.2 Å². The Bertz CT molecular complexity index is 332. The minimum atomic E-state index is -0.527. The molecule has 2 heterocycles. The van der Waals surface area contributed by atoms with E-state index in [1.54, 1.807) is 0 Å². The van der Waals surface area contributed by atoms with Crippen molar-refractivity contribution in [2.45, 2.75) is 45.8 Å². The Morgan fingerprint density at radius 3 is 2.65 bits per heavy atom. The molecule has 2 aliphatic rings. The van der Waals surface area contributed by atoms with Crippen LogP contribution >= 0.6 is 0 Å². The lowest BCUT2D eigenvalue weighted by Gasteiger charge is -2.38. The highest BCUT2D eigenvalue weighted by atomic mass is 16.6. The van der Waals surface area contributed by atoms with Crippen molar-refractivity contribution < 1.29 is 14.3 Å². The van der Waals surface area contributed by atoms with Crippen LogP contribution < -0.4 is 5.32 Å². The third kappa shape index (κ3) is 1.87. The predicted molar refractivity (Wildman–Crippen MR) is 64.7 cm³/mol. The summed E-state index contributed by atoms with van der Waals surface area (Å²) in [7, 11) is 0. The van der Waals surface area contributed by atoms with Crippen molar-refractivity contribution in [2.75, 3.05) is 19.7 Å². The number of esters is 1. The topological polar surface area (TPSA) is 47.6 Å². The van der Waals surface area contributed by atoms with Crippen LogP contribution in [0.5, 0.6) is 0 Å². The molecular weight excluding hydrogens is 218 g/mol. The zero-order valence-electron chi connectivity index (χ0n) is 11.4. The molecule has 0 aromatic rings. The molecule has 0 unspecified atom stereocenters. The Hall–Kier alpha value is -0.610. The number of rotatable bonds is 1. The highest BCUT2D eigenvalue weighted by molar-refractivity contribution is 5.80. The summed E-state index contributed by atoms with van der Waals surface area (Å²) in [6, 6.07) is 0. The van der Waals surface area contributed by atoms with E-state index in [1.165, 1.54) is 0 Å². The first kappa shape index (κ1) is 12.8. The van der Waals surface area contributed by atoms with Crippen molar-refractivity contribution in [1.82, 2.24) is 5.32 Å². The lowest BCUT2D eigenvalue weighted by molar-refractivity contribution is -0.176. The van der Waals surface area contributed by atoms with Gasteiger partial charge in [-0.15, -0.1) is 0 Å². The molecule has 17 heavy (non-hydrogen) atoms. The molecule has 4 heteroatoms. The molecular formula is C13H23NO3. The molecule has 2 atom stereocenters. The molecule has 4 nitrogen and oxygen atoms in total. The SMILES string of the molecule is CC(C)(C)OC(=O)[C@]12CNC[C@H]1COC2(C)C. The van der Waals surface area contributed by atoms with Gasteiger partial charge in [-0.05, 0) is 34.6 Å². The summed E-state index contributed by atoms with van der Waals surface area (Å²) in [4.78, 5) is 12.5. The van der Waals surface area contributed by atoms with E-state index in [9.17, 15) is 4.79 Å². The van der Waals surface area contributed by atoms with Crippen molar-refractivity contribution in [1.29, 1.82) is 0 Å². The smallest absolute Gasteiger partial charge is 0.317 e. The van der Waals surface area contributed by atoms with Crippen LogP contribution in [0.15, 0.2) is 0 Å². The molecule has 0 aliphatic carbocycles. The monoisotopic (exact) mass is 241 g/mol. The Kier molecular flexibility index (Phi) is 2.79. The van der Waals surface area contributed by atoms with Gasteiger partial charge >= 0.3 is 5.97 Å². The average molecular weight is 241 g/mol. The number of hydrogen-bond acceptors (Lipinski definition) is 4. The minimum absolute atomic E-state index is 0.123. The van der Waals surface area contributed by atoms with Gasteiger partial charge in [0, 0.05) is 19.0 Å².